The third-order valence-corrected chi connectivity index (χ3v) is 4.10. The lowest BCUT2D eigenvalue weighted by Crippen LogP contribution is -2.21. The highest BCUT2D eigenvalue weighted by molar-refractivity contribution is 6.42. The number of halogens is 2. The summed E-state index contributed by atoms with van der Waals surface area (Å²) in [5.74, 6) is 0.560. The van der Waals surface area contributed by atoms with Crippen molar-refractivity contribution in [2.75, 3.05) is 12.8 Å². The first kappa shape index (κ1) is 15.1. The Morgan fingerprint density at radius 3 is 2.60 bits per heavy atom. The van der Waals surface area contributed by atoms with Crippen LogP contribution in [0, 0.1) is 6.92 Å². The molecular weight excluding hydrogens is 293 g/mol. The second-order valence-corrected chi connectivity index (χ2v) is 5.54. The lowest BCUT2D eigenvalue weighted by Gasteiger charge is -2.20. The van der Waals surface area contributed by atoms with Gasteiger partial charge in [-0.15, -0.1) is 0 Å². The van der Waals surface area contributed by atoms with Crippen LogP contribution in [0.2, 0.25) is 10.0 Å². The van der Waals surface area contributed by atoms with E-state index in [1.807, 2.05) is 38.2 Å². The Kier molecular flexibility index (Phi) is 4.86. The average molecular weight is 310 g/mol. The minimum absolute atomic E-state index is 0.0842. The number of aryl methyl sites for hydroxylation is 1. The molecule has 0 fully saturated rings. The first-order chi connectivity index (χ1) is 9.52. The molecule has 20 heavy (non-hydrogen) atoms. The Hall–Kier alpha value is -1.29. The Labute approximate surface area is 129 Å². The normalized spacial score (nSPS) is 12.4. The van der Waals surface area contributed by atoms with Crippen LogP contribution >= 0.6 is 23.2 Å². The maximum atomic E-state index is 6.06. The monoisotopic (exact) mass is 309 g/mol. The molecule has 0 saturated heterocycles. The largest absolute Gasteiger partial charge is 0.383 e. The summed E-state index contributed by atoms with van der Waals surface area (Å²) in [6, 6.07) is 7.72. The molecule has 3 N–H and O–H groups in total. The number of likely N-dealkylation sites (N-methyl/N-ethyl adjacent to an activating group) is 1. The second-order valence-electron chi connectivity index (χ2n) is 4.72. The van der Waals surface area contributed by atoms with Gasteiger partial charge >= 0.3 is 0 Å². The number of nitrogens with one attached hydrogen (secondary N) is 1. The van der Waals surface area contributed by atoms with E-state index in [4.69, 9.17) is 28.9 Å². The Morgan fingerprint density at radius 2 is 2.00 bits per heavy atom. The highest BCUT2D eigenvalue weighted by Gasteiger charge is 2.16. The summed E-state index contributed by atoms with van der Waals surface area (Å²) >= 11 is 12.0. The van der Waals surface area contributed by atoms with Gasteiger partial charge in [-0.3, -0.25) is 0 Å². The molecule has 0 aliphatic carbocycles. The van der Waals surface area contributed by atoms with Crippen molar-refractivity contribution < 1.29 is 0 Å². The molecule has 3 nitrogen and oxygen atoms in total. The van der Waals surface area contributed by atoms with Crippen molar-refractivity contribution in [1.82, 2.24) is 10.3 Å². The van der Waals surface area contributed by atoms with E-state index in [0.29, 0.717) is 15.9 Å². The summed E-state index contributed by atoms with van der Waals surface area (Å²) in [4.78, 5) is 4.17. The van der Waals surface area contributed by atoms with E-state index in [1.54, 1.807) is 6.20 Å². The predicted molar refractivity (Wildman–Crippen MR) is 85.4 cm³/mol. The fourth-order valence-electron chi connectivity index (χ4n) is 2.29. The van der Waals surface area contributed by atoms with Gasteiger partial charge in [-0.25, -0.2) is 4.98 Å². The van der Waals surface area contributed by atoms with Crippen LogP contribution in [0.15, 0.2) is 30.5 Å². The molecule has 2 rings (SSSR count). The molecular formula is C15H17Cl2N3. The number of aromatic nitrogens is 1. The quantitative estimate of drug-likeness (QED) is 0.903. The minimum Gasteiger partial charge on any atom is -0.383 e. The van der Waals surface area contributed by atoms with Gasteiger partial charge < -0.3 is 11.1 Å². The lowest BCUT2D eigenvalue weighted by molar-refractivity contribution is 0.589. The van der Waals surface area contributed by atoms with Gasteiger partial charge in [0.1, 0.15) is 5.82 Å². The van der Waals surface area contributed by atoms with Crippen LogP contribution in [0.5, 0.6) is 0 Å². The zero-order valence-corrected chi connectivity index (χ0v) is 13.0. The maximum Gasteiger partial charge on any atom is 0.128 e. The highest BCUT2D eigenvalue weighted by Crippen LogP contribution is 2.28. The summed E-state index contributed by atoms with van der Waals surface area (Å²) in [6.07, 6.45) is 2.49. The molecule has 0 radical (unpaired) electrons. The maximum absolute atomic E-state index is 6.06. The Balaban J connectivity index is 2.31. The van der Waals surface area contributed by atoms with Crippen LogP contribution in [0.1, 0.15) is 22.7 Å². The first-order valence-corrected chi connectivity index (χ1v) is 7.10. The third kappa shape index (κ3) is 3.23. The summed E-state index contributed by atoms with van der Waals surface area (Å²) in [5.41, 5.74) is 9.26. The van der Waals surface area contributed by atoms with Gasteiger partial charge in [0.05, 0.1) is 10.0 Å². The molecule has 1 heterocycles. The van der Waals surface area contributed by atoms with Crippen molar-refractivity contribution in [2.45, 2.75) is 19.4 Å². The van der Waals surface area contributed by atoms with E-state index in [9.17, 15) is 0 Å². The number of nitrogen functional groups attached to an aromatic ring is 1. The fraction of sp³-hybridized carbons (Fsp3) is 0.267. The van der Waals surface area contributed by atoms with E-state index >= 15 is 0 Å². The van der Waals surface area contributed by atoms with Crippen LogP contribution in [0.3, 0.4) is 0 Å². The number of hydrogen-bond donors (Lipinski definition) is 2. The lowest BCUT2D eigenvalue weighted by atomic mass is 9.96. The molecule has 0 aliphatic rings. The van der Waals surface area contributed by atoms with Crippen molar-refractivity contribution in [3.8, 4) is 0 Å². The molecule has 0 spiro atoms. The van der Waals surface area contributed by atoms with Crippen molar-refractivity contribution in [1.29, 1.82) is 0 Å². The van der Waals surface area contributed by atoms with Crippen LogP contribution in [0.4, 0.5) is 5.82 Å². The van der Waals surface area contributed by atoms with Crippen LogP contribution < -0.4 is 11.1 Å². The van der Waals surface area contributed by atoms with E-state index < -0.39 is 0 Å². The van der Waals surface area contributed by atoms with Crippen molar-refractivity contribution in [2.24, 2.45) is 0 Å². The average Bonchev–Trinajstić information content (AvgIpc) is 2.41. The molecule has 106 valence electrons. The Bertz CT molecular complexity index is 594. The minimum atomic E-state index is 0.0842. The molecule has 1 atom stereocenters. The van der Waals surface area contributed by atoms with Gasteiger partial charge in [0.15, 0.2) is 0 Å². The Morgan fingerprint density at radius 1 is 1.25 bits per heavy atom. The van der Waals surface area contributed by atoms with Crippen molar-refractivity contribution >= 4 is 29.0 Å². The molecule has 5 heteroatoms. The number of rotatable bonds is 4. The second kappa shape index (κ2) is 6.44. The third-order valence-electron chi connectivity index (χ3n) is 3.36. The van der Waals surface area contributed by atoms with Gasteiger partial charge in [0.2, 0.25) is 0 Å². The van der Waals surface area contributed by atoms with Crippen LogP contribution in [0.25, 0.3) is 0 Å². The van der Waals surface area contributed by atoms with E-state index in [-0.39, 0.29) is 6.04 Å². The molecule has 0 saturated carbocycles. The number of nitrogens with zero attached hydrogens (tertiary/aromatic N) is 1. The van der Waals surface area contributed by atoms with Gasteiger partial charge in [0, 0.05) is 17.8 Å². The zero-order valence-electron chi connectivity index (χ0n) is 11.5. The molecule has 0 aliphatic heterocycles. The first-order valence-electron chi connectivity index (χ1n) is 6.35. The summed E-state index contributed by atoms with van der Waals surface area (Å²) in [7, 11) is 1.91. The number of hydrogen-bond acceptors (Lipinski definition) is 3. The number of pyridine rings is 1. The number of anilines is 1. The number of nitrogens with two attached hydrogens (primary N) is 1. The van der Waals surface area contributed by atoms with E-state index in [1.165, 1.54) is 0 Å². The number of benzene rings is 1. The smallest absolute Gasteiger partial charge is 0.128 e. The van der Waals surface area contributed by atoms with Gasteiger partial charge in [0.25, 0.3) is 0 Å². The standard InChI is InChI=1S/C15H17Cl2N3/c1-9-5-6-20-15(18)14(9)13(19-2)8-10-3-4-11(16)12(17)7-10/h3-7,13,19H,8H2,1-2H3,(H2,18,20). The van der Waals surface area contributed by atoms with E-state index in [0.717, 1.165) is 23.1 Å². The van der Waals surface area contributed by atoms with Gasteiger partial charge in [-0.05, 0) is 49.7 Å². The van der Waals surface area contributed by atoms with Gasteiger partial charge in [-0.1, -0.05) is 29.3 Å². The van der Waals surface area contributed by atoms with Gasteiger partial charge in [-0.2, -0.15) is 0 Å². The zero-order chi connectivity index (χ0) is 14.7. The topological polar surface area (TPSA) is 50.9 Å². The predicted octanol–water partition coefficient (Wildman–Crippen LogP) is 3.78. The fourth-order valence-corrected chi connectivity index (χ4v) is 2.62. The highest BCUT2D eigenvalue weighted by atomic mass is 35.5. The summed E-state index contributed by atoms with van der Waals surface area (Å²) in [5, 5.41) is 4.41. The molecule has 1 unspecified atom stereocenters. The molecule has 0 amide bonds. The molecule has 1 aromatic heterocycles. The van der Waals surface area contributed by atoms with Crippen molar-refractivity contribution in [3.05, 3.63) is 57.2 Å². The van der Waals surface area contributed by atoms with Crippen molar-refractivity contribution in [3.63, 3.8) is 0 Å². The molecule has 0 bridgehead atoms. The summed E-state index contributed by atoms with van der Waals surface area (Å²) < 4.78 is 0. The van der Waals surface area contributed by atoms with E-state index in [2.05, 4.69) is 10.3 Å². The van der Waals surface area contributed by atoms with Crippen LogP contribution in [-0.2, 0) is 6.42 Å². The molecule has 2 aromatic rings. The van der Waals surface area contributed by atoms with Crippen LogP contribution in [-0.4, -0.2) is 12.0 Å². The summed E-state index contributed by atoms with van der Waals surface area (Å²) in [6.45, 7) is 2.03. The molecule has 1 aromatic carbocycles. The SMILES string of the molecule is CNC(Cc1ccc(Cl)c(Cl)c1)c1c(C)ccnc1N.